The second kappa shape index (κ2) is 5.60. The Bertz CT molecular complexity index is 492. The van der Waals surface area contributed by atoms with Gasteiger partial charge in [0.1, 0.15) is 16.7 Å². The maximum atomic E-state index is 10.6. The van der Waals surface area contributed by atoms with Gasteiger partial charge in [0.15, 0.2) is 0 Å². The number of nitrogens with zero attached hydrogens (tertiary/aromatic N) is 3. The molecule has 0 spiro atoms. The third kappa shape index (κ3) is 3.40. The molecule has 6 heteroatoms. The van der Waals surface area contributed by atoms with E-state index in [2.05, 4.69) is 15.0 Å². The van der Waals surface area contributed by atoms with E-state index in [1.54, 1.807) is 36.4 Å². The summed E-state index contributed by atoms with van der Waals surface area (Å²) >= 11 is 1.55. The Morgan fingerprint density at radius 3 is 3.00 bits per heavy atom. The second-order valence-electron chi connectivity index (χ2n) is 3.39. The first-order valence-electron chi connectivity index (χ1n) is 5.03. The van der Waals surface area contributed by atoms with Crippen molar-refractivity contribution >= 4 is 17.6 Å². The van der Waals surface area contributed by atoms with Gasteiger partial charge in [-0.05, 0) is 18.6 Å². The van der Waals surface area contributed by atoms with Crippen molar-refractivity contribution < 1.29 is 0 Å². The fourth-order valence-corrected chi connectivity index (χ4v) is 2.18. The van der Waals surface area contributed by atoms with Crippen molar-refractivity contribution in [2.45, 2.75) is 17.7 Å². The van der Waals surface area contributed by atoms with E-state index in [-0.39, 0.29) is 0 Å². The molecule has 0 fully saturated rings. The Labute approximate surface area is 103 Å². The Kier molecular flexibility index (Phi) is 3.89. The molecule has 0 amide bonds. The molecule has 0 saturated carbocycles. The van der Waals surface area contributed by atoms with Crippen LogP contribution in [0.3, 0.4) is 0 Å². The van der Waals surface area contributed by atoms with Gasteiger partial charge >= 0.3 is 0 Å². The topological polar surface area (TPSA) is 73.8 Å². The molecule has 2 aromatic heterocycles. The van der Waals surface area contributed by atoms with Crippen LogP contribution in [-0.2, 0) is 5.75 Å². The lowest BCUT2D eigenvalue weighted by Crippen LogP contribution is -1.96. The van der Waals surface area contributed by atoms with Crippen molar-refractivity contribution in [2.24, 2.45) is 0 Å². The van der Waals surface area contributed by atoms with E-state index in [1.807, 2.05) is 18.3 Å². The molecule has 0 aliphatic heterocycles. The van der Waals surface area contributed by atoms with Gasteiger partial charge in [0.05, 0.1) is 0 Å². The zero-order valence-corrected chi connectivity index (χ0v) is 10.1. The maximum Gasteiger partial charge on any atom is 0.128 e. The zero-order chi connectivity index (χ0) is 12.1. The van der Waals surface area contributed by atoms with E-state index in [0.717, 1.165) is 16.3 Å². The summed E-state index contributed by atoms with van der Waals surface area (Å²) in [6.07, 6.45) is 3.55. The molecule has 0 bridgehead atoms. The largest absolute Gasteiger partial charge is 0.760 e. The molecular formula is C11H11N4OS-. The number of hydrogen-bond donors (Lipinski definition) is 1. The van der Waals surface area contributed by atoms with Crippen molar-refractivity contribution in [2.75, 3.05) is 5.48 Å². The smallest absolute Gasteiger partial charge is 0.128 e. The van der Waals surface area contributed by atoms with Crippen LogP contribution in [0.5, 0.6) is 0 Å². The normalized spacial score (nSPS) is 10.2. The molecule has 5 nitrogen and oxygen atoms in total. The van der Waals surface area contributed by atoms with E-state index in [1.165, 1.54) is 0 Å². The Morgan fingerprint density at radius 2 is 2.29 bits per heavy atom. The van der Waals surface area contributed by atoms with Crippen molar-refractivity contribution in [1.82, 2.24) is 15.0 Å². The Balaban J connectivity index is 2.06. The minimum atomic E-state index is 0.297. The first-order chi connectivity index (χ1) is 8.28. The molecule has 17 heavy (non-hydrogen) atoms. The Morgan fingerprint density at radius 1 is 1.41 bits per heavy atom. The summed E-state index contributed by atoms with van der Waals surface area (Å²) in [7, 11) is 0. The minimum absolute atomic E-state index is 0.297. The molecule has 0 aliphatic rings. The summed E-state index contributed by atoms with van der Waals surface area (Å²) in [6, 6.07) is 5.54. The van der Waals surface area contributed by atoms with Crippen molar-refractivity contribution in [3.05, 3.63) is 47.2 Å². The van der Waals surface area contributed by atoms with Gasteiger partial charge in [-0.2, -0.15) is 0 Å². The second-order valence-corrected chi connectivity index (χ2v) is 4.39. The summed E-state index contributed by atoms with van der Waals surface area (Å²) in [6.45, 7) is 1.76. The lowest BCUT2D eigenvalue weighted by atomic mass is 10.3. The zero-order valence-electron chi connectivity index (χ0n) is 9.25. The average molecular weight is 247 g/mol. The van der Waals surface area contributed by atoms with Gasteiger partial charge in [0, 0.05) is 24.2 Å². The van der Waals surface area contributed by atoms with Crippen molar-refractivity contribution in [3.8, 4) is 0 Å². The summed E-state index contributed by atoms with van der Waals surface area (Å²) in [5.41, 5.74) is 2.90. The van der Waals surface area contributed by atoms with Crippen LogP contribution in [0.1, 0.15) is 11.4 Å². The first-order valence-corrected chi connectivity index (χ1v) is 6.02. The van der Waals surface area contributed by atoms with Gasteiger partial charge in [-0.1, -0.05) is 6.07 Å². The molecule has 0 aliphatic carbocycles. The molecule has 88 valence electrons. The number of aryl methyl sites for hydroxylation is 1. The number of aromatic nitrogens is 3. The molecule has 2 heterocycles. The number of thioether (sulfide) groups is 1. The molecule has 0 unspecified atom stereocenters. The van der Waals surface area contributed by atoms with Crippen molar-refractivity contribution in [3.63, 3.8) is 0 Å². The van der Waals surface area contributed by atoms with Crippen LogP contribution in [0.2, 0.25) is 0 Å². The van der Waals surface area contributed by atoms with Crippen LogP contribution >= 0.6 is 11.8 Å². The average Bonchev–Trinajstić information content (AvgIpc) is 2.37. The van der Waals surface area contributed by atoms with Gasteiger partial charge < -0.3 is 10.7 Å². The highest BCUT2D eigenvalue weighted by Gasteiger charge is 2.01. The van der Waals surface area contributed by atoms with Crippen LogP contribution in [-0.4, -0.2) is 15.0 Å². The maximum absolute atomic E-state index is 10.6. The van der Waals surface area contributed by atoms with E-state index in [0.29, 0.717) is 11.6 Å². The van der Waals surface area contributed by atoms with Crippen LogP contribution < -0.4 is 5.48 Å². The van der Waals surface area contributed by atoms with Gasteiger partial charge in [-0.3, -0.25) is 4.98 Å². The van der Waals surface area contributed by atoms with Crippen LogP contribution in [0, 0.1) is 12.1 Å². The van der Waals surface area contributed by atoms with Gasteiger partial charge in [-0.25, -0.2) is 9.97 Å². The van der Waals surface area contributed by atoms with Crippen LogP contribution in [0.25, 0.3) is 0 Å². The highest BCUT2D eigenvalue weighted by atomic mass is 32.2. The lowest BCUT2D eigenvalue weighted by Gasteiger charge is -2.10. The predicted octanol–water partition coefficient (Wildman–Crippen LogP) is 2.38. The molecule has 0 radical (unpaired) electrons. The lowest BCUT2D eigenvalue weighted by molar-refractivity contribution is 0.971. The van der Waals surface area contributed by atoms with E-state index >= 15 is 0 Å². The molecule has 0 saturated heterocycles. The number of rotatable bonds is 4. The third-order valence-corrected chi connectivity index (χ3v) is 3.01. The molecule has 2 rings (SSSR count). The van der Waals surface area contributed by atoms with Gasteiger partial charge in [-0.15, -0.1) is 11.8 Å². The summed E-state index contributed by atoms with van der Waals surface area (Å²) in [5.74, 6) is 1.65. The standard InChI is InChI=1S/C11H11N4OS/c1-8-13-10(15-16)5-11(14-8)17-7-9-3-2-4-12-6-9/h2-6H,7H2,1H3,(H-,13,14,15,16)/q-1. The summed E-state index contributed by atoms with van der Waals surface area (Å²) in [5, 5.41) is 11.3. The number of pyridine rings is 1. The monoisotopic (exact) mass is 247 g/mol. The van der Waals surface area contributed by atoms with Gasteiger partial charge in [0.25, 0.3) is 0 Å². The summed E-state index contributed by atoms with van der Waals surface area (Å²) in [4.78, 5) is 12.2. The third-order valence-electron chi connectivity index (χ3n) is 2.03. The predicted molar refractivity (Wildman–Crippen MR) is 67.6 cm³/mol. The molecule has 0 atom stereocenters. The molecule has 0 aromatic carbocycles. The van der Waals surface area contributed by atoms with E-state index in [4.69, 9.17) is 0 Å². The SMILES string of the molecule is Cc1nc(N[O-])cc(SCc2cccnc2)n1. The first kappa shape index (κ1) is 11.8. The highest BCUT2D eigenvalue weighted by molar-refractivity contribution is 7.98. The highest BCUT2D eigenvalue weighted by Crippen LogP contribution is 2.22. The quantitative estimate of drug-likeness (QED) is 0.508. The fourth-order valence-electron chi connectivity index (χ4n) is 1.31. The van der Waals surface area contributed by atoms with Gasteiger partial charge in [0.2, 0.25) is 0 Å². The summed E-state index contributed by atoms with van der Waals surface area (Å²) < 4.78 is 0. The fraction of sp³-hybridized carbons (Fsp3) is 0.182. The van der Waals surface area contributed by atoms with E-state index < -0.39 is 0 Å². The molecule has 2 aromatic rings. The number of anilines is 1. The minimum Gasteiger partial charge on any atom is -0.760 e. The van der Waals surface area contributed by atoms with Crippen LogP contribution in [0.15, 0.2) is 35.6 Å². The number of nitrogens with one attached hydrogen (secondary N) is 1. The van der Waals surface area contributed by atoms with Crippen molar-refractivity contribution in [1.29, 1.82) is 0 Å². The van der Waals surface area contributed by atoms with Crippen LogP contribution in [0.4, 0.5) is 5.82 Å². The Hall–Kier alpha value is -1.66. The number of hydrogen-bond acceptors (Lipinski definition) is 6. The molecule has 1 N–H and O–H groups in total. The molecular weight excluding hydrogens is 236 g/mol. The van der Waals surface area contributed by atoms with E-state index in [9.17, 15) is 5.21 Å².